The molecule has 0 aliphatic heterocycles. The van der Waals surface area contributed by atoms with Crippen molar-refractivity contribution in [3.8, 4) is 11.5 Å². The van der Waals surface area contributed by atoms with Gasteiger partial charge in [-0.15, -0.1) is 0 Å². The standard InChI is InChI=1S/C30H41FO5/c1-4-6-8-10-11-13-22-34-25-20-18-24(19-21-25)29(32)36-27-17-14-16-26(31)28(27)30(33)35-23(3)15-12-9-7-5-2/h14,16-21,23H,4-13,15,22H2,1-3H3/t23-/m1/s1. The van der Waals surface area contributed by atoms with Crippen LogP contribution in [0, 0.1) is 5.82 Å². The summed E-state index contributed by atoms with van der Waals surface area (Å²) in [6.45, 7) is 6.74. The summed E-state index contributed by atoms with van der Waals surface area (Å²) in [5.74, 6) is -1.81. The number of ether oxygens (including phenoxy) is 3. The smallest absolute Gasteiger partial charge is 0.345 e. The first-order valence-corrected chi connectivity index (χ1v) is 13.4. The Hall–Kier alpha value is -2.89. The molecular formula is C30H41FO5. The molecule has 0 N–H and O–H groups in total. The minimum absolute atomic E-state index is 0.161. The first-order valence-electron chi connectivity index (χ1n) is 13.4. The molecule has 0 heterocycles. The molecule has 1 atom stereocenters. The Bertz CT molecular complexity index is 925. The predicted molar refractivity (Wildman–Crippen MR) is 140 cm³/mol. The van der Waals surface area contributed by atoms with Gasteiger partial charge >= 0.3 is 11.9 Å². The maximum atomic E-state index is 14.5. The van der Waals surface area contributed by atoms with Crippen molar-refractivity contribution in [2.75, 3.05) is 6.61 Å². The Morgan fingerprint density at radius 3 is 2.14 bits per heavy atom. The van der Waals surface area contributed by atoms with Gasteiger partial charge in [0.2, 0.25) is 0 Å². The van der Waals surface area contributed by atoms with Crippen LogP contribution in [0.25, 0.3) is 0 Å². The highest BCUT2D eigenvalue weighted by Gasteiger charge is 2.23. The Morgan fingerprint density at radius 1 is 0.806 bits per heavy atom. The fourth-order valence-electron chi connectivity index (χ4n) is 3.87. The Balaban J connectivity index is 1.91. The largest absolute Gasteiger partial charge is 0.494 e. The first kappa shape index (κ1) is 29.3. The quantitative estimate of drug-likeness (QED) is 0.124. The maximum Gasteiger partial charge on any atom is 0.345 e. The van der Waals surface area contributed by atoms with Crippen LogP contribution >= 0.6 is 0 Å². The van der Waals surface area contributed by atoms with Crippen LogP contribution in [0.1, 0.15) is 112 Å². The molecule has 0 spiro atoms. The number of unbranched alkanes of at least 4 members (excludes halogenated alkanes) is 8. The highest BCUT2D eigenvalue weighted by molar-refractivity contribution is 5.96. The van der Waals surface area contributed by atoms with Crippen molar-refractivity contribution in [1.82, 2.24) is 0 Å². The van der Waals surface area contributed by atoms with Gasteiger partial charge in [-0.25, -0.2) is 14.0 Å². The lowest BCUT2D eigenvalue weighted by atomic mass is 10.1. The van der Waals surface area contributed by atoms with Gasteiger partial charge in [0.15, 0.2) is 0 Å². The molecule has 0 amide bonds. The molecule has 0 unspecified atom stereocenters. The van der Waals surface area contributed by atoms with Gasteiger partial charge < -0.3 is 14.2 Å². The van der Waals surface area contributed by atoms with Crippen LogP contribution in [0.4, 0.5) is 4.39 Å². The van der Waals surface area contributed by atoms with E-state index in [1.807, 2.05) is 0 Å². The second kappa shape index (κ2) is 16.7. The topological polar surface area (TPSA) is 61.8 Å². The van der Waals surface area contributed by atoms with Crippen molar-refractivity contribution in [2.24, 2.45) is 0 Å². The van der Waals surface area contributed by atoms with Gasteiger partial charge in [-0.3, -0.25) is 0 Å². The second-order valence-corrected chi connectivity index (χ2v) is 9.21. The fourth-order valence-corrected chi connectivity index (χ4v) is 3.87. The molecule has 0 saturated carbocycles. The zero-order valence-corrected chi connectivity index (χ0v) is 22.0. The normalized spacial score (nSPS) is 11.7. The number of carbonyl (C=O) groups is 2. The number of benzene rings is 2. The van der Waals surface area contributed by atoms with E-state index >= 15 is 0 Å². The summed E-state index contributed by atoms with van der Waals surface area (Å²) in [5.41, 5.74) is -0.0973. The zero-order chi connectivity index (χ0) is 26.2. The molecule has 5 nitrogen and oxygen atoms in total. The molecule has 6 heteroatoms. The minimum atomic E-state index is -0.836. The van der Waals surface area contributed by atoms with Crippen molar-refractivity contribution in [1.29, 1.82) is 0 Å². The van der Waals surface area contributed by atoms with Crippen LogP contribution in [0.3, 0.4) is 0 Å². The summed E-state index contributed by atoms with van der Waals surface area (Å²) in [7, 11) is 0. The Kier molecular flexibility index (Phi) is 13.6. The van der Waals surface area contributed by atoms with Crippen LogP contribution < -0.4 is 9.47 Å². The van der Waals surface area contributed by atoms with Crippen LogP contribution in [-0.4, -0.2) is 24.6 Å². The first-order chi connectivity index (χ1) is 17.5. The molecule has 0 saturated heterocycles. The number of halogens is 1. The summed E-state index contributed by atoms with van der Waals surface area (Å²) in [6, 6.07) is 10.5. The summed E-state index contributed by atoms with van der Waals surface area (Å²) in [4.78, 5) is 25.4. The summed E-state index contributed by atoms with van der Waals surface area (Å²) in [5, 5.41) is 0. The molecule has 0 aliphatic carbocycles. The maximum absolute atomic E-state index is 14.5. The van der Waals surface area contributed by atoms with Crippen LogP contribution in [-0.2, 0) is 4.74 Å². The summed E-state index contributed by atoms with van der Waals surface area (Å²) in [6.07, 6.45) is 11.7. The van der Waals surface area contributed by atoms with Crippen molar-refractivity contribution >= 4 is 11.9 Å². The van der Waals surface area contributed by atoms with E-state index in [1.165, 1.54) is 37.8 Å². The van der Waals surface area contributed by atoms with Gasteiger partial charge in [-0.1, -0.05) is 71.3 Å². The lowest BCUT2D eigenvalue weighted by Gasteiger charge is -2.15. The minimum Gasteiger partial charge on any atom is -0.494 e. The molecule has 0 aromatic heterocycles. The van der Waals surface area contributed by atoms with Gasteiger partial charge in [0.25, 0.3) is 0 Å². The van der Waals surface area contributed by atoms with E-state index < -0.39 is 17.8 Å². The average molecular weight is 501 g/mol. The molecule has 0 aliphatic rings. The molecular weight excluding hydrogens is 459 g/mol. The van der Waals surface area contributed by atoms with E-state index in [1.54, 1.807) is 31.2 Å². The van der Waals surface area contributed by atoms with Gasteiger partial charge in [0.05, 0.1) is 18.3 Å². The van der Waals surface area contributed by atoms with Gasteiger partial charge in [0, 0.05) is 0 Å². The molecule has 0 bridgehead atoms. The predicted octanol–water partition coefficient (Wildman–Crippen LogP) is 8.30. The van der Waals surface area contributed by atoms with Crippen molar-refractivity contribution < 1.29 is 28.2 Å². The monoisotopic (exact) mass is 500 g/mol. The molecule has 2 aromatic carbocycles. The molecule has 2 aromatic rings. The van der Waals surface area contributed by atoms with Gasteiger partial charge in [0.1, 0.15) is 22.9 Å². The Labute approximate surface area is 215 Å². The number of hydrogen-bond donors (Lipinski definition) is 0. The molecule has 2 rings (SSSR count). The second-order valence-electron chi connectivity index (χ2n) is 9.21. The zero-order valence-electron chi connectivity index (χ0n) is 22.0. The molecule has 198 valence electrons. The van der Waals surface area contributed by atoms with Crippen molar-refractivity contribution in [3.63, 3.8) is 0 Å². The SMILES string of the molecule is CCCCCCCCOc1ccc(C(=O)Oc2cccc(F)c2C(=O)O[C@H](C)CCCCCC)cc1. The van der Waals surface area contributed by atoms with E-state index in [0.717, 1.165) is 44.6 Å². The third-order valence-corrected chi connectivity index (χ3v) is 6.01. The summed E-state index contributed by atoms with van der Waals surface area (Å²) < 4.78 is 31.1. The van der Waals surface area contributed by atoms with Crippen molar-refractivity contribution in [2.45, 2.75) is 97.5 Å². The molecule has 0 fully saturated rings. The summed E-state index contributed by atoms with van der Waals surface area (Å²) >= 11 is 0. The van der Waals surface area contributed by atoms with E-state index in [2.05, 4.69) is 13.8 Å². The van der Waals surface area contributed by atoms with E-state index in [-0.39, 0.29) is 23.0 Å². The van der Waals surface area contributed by atoms with E-state index in [0.29, 0.717) is 18.8 Å². The van der Waals surface area contributed by atoms with E-state index in [9.17, 15) is 14.0 Å². The van der Waals surface area contributed by atoms with Crippen molar-refractivity contribution in [3.05, 3.63) is 59.4 Å². The lowest BCUT2D eigenvalue weighted by Crippen LogP contribution is -2.18. The Morgan fingerprint density at radius 2 is 1.44 bits per heavy atom. The number of esters is 2. The van der Waals surface area contributed by atoms with Crippen LogP contribution in [0.5, 0.6) is 11.5 Å². The van der Waals surface area contributed by atoms with E-state index in [4.69, 9.17) is 14.2 Å². The highest BCUT2D eigenvalue weighted by atomic mass is 19.1. The third kappa shape index (κ3) is 10.4. The number of hydrogen-bond acceptors (Lipinski definition) is 5. The number of carbonyl (C=O) groups excluding carboxylic acids is 2. The molecule has 36 heavy (non-hydrogen) atoms. The lowest BCUT2D eigenvalue weighted by molar-refractivity contribution is 0.0310. The molecule has 0 radical (unpaired) electrons. The fraction of sp³-hybridized carbons (Fsp3) is 0.533. The highest BCUT2D eigenvalue weighted by Crippen LogP contribution is 2.25. The average Bonchev–Trinajstić information content (AvgIpc) is 2.86. The third-order valence-electron chi connectivity index (χ3n) is 6.01. The van der Waals surface area contributed by atoms with Crippen LogP contribution in [0.2, 0.25) is 0 Å². The number of rotatable bonds is 17. The van der Waals surface area contributed by atoms with Crippen LogP contribution in [0.15, 0.2) is 42.5 Å². The van der Waals surface area contributed by atoms with Gasteiger partial charge in [-0.05, 0) is 62.6 Å². The van der Waals surface area contributed by atoms with Gasteiger partial charge in [-0.2, -0.15) is 0 Å².